The molecule has 0 radical (unpaired) electrons. The fourth-order valence-electron chi connectivity index (χ4n) is 8.48. The molecule has 282 valence electrons. The van der Waals surface area contributed by atoms with Crippen molar-refractivity contribution in [1.29, 1.82) is 0 Å². The maximum atomic E-state index is 8.07. The van der Waals surface area contributed by atoms with Gasteiger partial charge in [-0.05, 0) is 0 Å². The molecular weight excluding hydrogens is 800 g/mol. The van der Waals surface area contributed by atoms with Crippen LogP contribution in [0.1, 0.15) is 48.6 Å². The van der Waals surface area contributed by atoms with Crippen LogP contribution >= 0.6 is 0 Å². The molecule has 7 aromatic carbocycles. The molecule has 0 bridgehead atoms. The Bertz CT molecular complexity index is 2230. The molecule has 0 spiro atoms. The Balaban J connectivity index is 1.51. The van der Waals surface area contributed by atoms with Crippen molar-refractivity contribution in [2.75, 3.05) is 24.8 Å². The van der Waals surface area contributed by atoms with Gasteiger partial charge in [-0.25, -0.2) is 0 Å². The molecule has 7 aromatic rings. The Kier molecular flexibility index (Phi) is 9.63. The molecule has 0 saturated carbocycles. The Labute approximate surface area is 332 Å². The van der Waals surface area contributed by atoms with Crippen molar-refractivity contribution in [3.05, 3.63) is 204 Å². The second kappa shape index (κ2) is 14.5. The van der Waals surface area contributed by atoms with Crippen LogP contribution in [-0.2, 0) is 10.8 Å². The van der Waals surface area contributed by atoms with Gasteiger partial charge >= 0.3 is 335 Å². The maximum absolute atomic E-state index is 8.07. The molecule has 8 rings (SSSR count). The average molecular weight is 849 g/mol. The molecule has 5 nitrogen and oxygen atoms in total. The van der Waals surface area contributed by atoms with E-state index in [4.69, 9.17) is 17.2 Å². The molecule has 0 unspecified atom stereocenters. The van der Waals surface area contributed by atoms with Crippen LogP contribution in [0.5, 0.6) is 23.0 Å². The molecule has 1 N–H and O–H groups in total. The Morgan fingerprint density at radius 1 is 0.446 bits per heavy atom. The minimum atomic E-state index is -5.36. The standard InChI is InChI=1S/C29H28NO.3C7H7O.Sb/c1-28(2,3)25-19-24(20-26(30)27(25)31)29(21-13-7-4-8-14-21,22-15-9-5-10-16-22)23-17-11-6-12-18-23;3*1-8-7-5-3-2-4-6-7;/h4-20,30-31H,1-3H3;3*3-6H,1H3;/q-1;;;;+2/p-1. The minimum absolute atomic E-state index is 0.306. The van der Waals surface area contributed by atoms with Crippen LogP contribution in [-0.4, -0.2) is 39.4 Å². The Morgan fingerprint density at radius 2 is 0.804 bits per heavy atom. The number of nitrogens with one attached hydrogen (secondary N) is 1. The quantitative estimate of drug-likeness (QED) is 0.110. The van der Waals surface area contributed by atoms with Crippen LogP contribution in [0.3, 0.4) is 0 Å². The normalized spacial score (nSPS) is 14.9. The van der Waals surface area contributed by atoms with Crippen molar-refractivity contribution in [2.24, 2.45) is 0 Å². The molecule has 0 fully saturated rings. The van der Waals surface area contributed by atoms with Crippen molar-refractivity contribution >= 4 is 34.3 Å². The van der Waals surface area contributed by atoms with E-state index in [-0.39, 0.29) is 5.41 Å². The Hall–Kier alpha value is -5.64. The molecule has 0 aliphatic carbocycles. The van der Waals surface area contributed by atoms with E-state index in [2.05, 4.69) is 164 Å². The number of fused-ring (bicyclic) bond motifs is 1. The number of rotatable bonds is 10. The third-order valence-electron chi connectivity index (χ3n) is 11.3. The summed E-state index contributed by atoms with van der Waals surface area (Å²) in [5.41, 5.74) is 5.81. The van der Waals surface area contributed by atoms with E-state index in [9.17, 15) is 0 Å². The summed E-state index contributed by atoms with van der Waals surface area (Å²) in [6, 6.07) is 62.7. The first-order valence-electron chi connectivity index (χ1n) is 19.0. The zero-order chi connectivity index (χ0) is 39.0. The van der Waals surface area contributed by atoms with Gasteiger partial charge in [0.2, 0.25) is 0 Å². The van der Waals surface area contributed by atoms with Gasteiger partial charge in [0, 0.05) is 0 Å². The average Bonchev–Trinajstić information content (AvgIpc) is 3.62. The van der Waals surface area contributed by atoms with Crippen LogP contribution in [0.25, 0.3) is 0 Å². The van der Waals surface area contributed by atoms with E-state index in [1.54, 1.807) is 21.3 Å². The summed E-state index contributed by atoms with van der Waals surface area (Å²) in [5, 5.41) is 0. The molecule has 0 aromatic heterocycles. The molecule has 0 atom stereocenters. The van der Waals surface area contributed by atoms with Gasteiger partial charge in [-0.1, -0.05) is 0 Å². The number of anilines is 1. The predicted octanol–water partition coefficient (Wildman–Crippen LogP) is 9.31. The summed E-state index contributed by atoms with van der Waals surface area (Å²) in [5.74, 6) is 3.20. The fraction of sp³-hybridized carbons (Fsp3) is 0.160. The molecule has 1 aliphatic rings. The number of hydrogen-bond donors (Lipinski definition) is 1. The van der Waals surface area contributed by atoms with Crippen LogP contribution in [0, 0.1) is 0 Å². The topological polar surface area (TPSA) is 49.0 Å². The van der Waals surface area contributed by atoms with Crippen molar-refractivity contribution < 1.29 is 17.2 Å². The van der Waals surface area contributed by atoms with Gasteiger partial charge < -0.3 is 0 Å². The van der Waals surface area contributed by atoms with Gasteiger partial charge in [0.25, 0.3) is 0 Å². The molecule has 6 heteroatoms. The monoisotopic (exact) mass is 847 g/mol. The van der Waals surface area contributed by atoms with Gasteiger partial charge in [0.15, 0.2) is 0 Å². The molecule has 56 heavy (non-hydrogen) atoms. The van der Waals surface area contributed by atoms with Gasteiger partial charge in [-0.2, -0.15) is 0 Å². The van der Waals surface area contributed by atoms with E-state index in [1.807, 2.05) is 36.4 Å². The van der Waals surface area contributed by atoms with E-state index in [1.165, 1.54) is 16.7 Å². The van der Waals surface area contributed by atoms with E-state index < -0.39 is 23.5 Å². The first-order chi connectivity index (χ1) is 27.2. The third-order valence-corrected chi connectivity index (χ3v) is 25.7. The fourth-order valence-corrected chi connectivity index (χ4v) is 22.7. The van der Waals surface area contributed by atoms with Crippen LogP contribution < -0.4 is 31.2 Å². The molecule has 1 aliphatic heterocycles. The molecular formula is C50H48NO4Sb. The summed E-state index contributed by atoms with van der Waals surface area (Å²) in [7, 11) is 5.10. The van der Waals surface area contributed by atoms with Gasteiger partial charge in [-0.15, -0.1) is 0 Å². The molecule has 1 heterocycles. The van der Waals surface area contributed by atoms with Gasteiger partial charge in [-0.3, -0.25) is 0 Å². The number of benzene rings is 7. The van der Waals surface area contributed by atoms with Crippen molar-refractivity contribution in [2.45, 2.75) is 31.6 Å². The summed E-state index contributed by atoms with van der Waals surface area (Å²) < 4.78 is 32.8. The zero-order valence-corrected chi connectivity index (χ0v) is 35.4. The number of ether oxygens (including phenoxy) is 3. The molecule has 0 saturated heterocycles. The van der Waals surface area contributed by atoms with E-state index in [0.717, 1.165) is 50.3 Å². The first-order valence-corrected chi connectivity index (χ1v) is 25.1. The SMILES string of the molecule is COc1cc[c]([Sb]2([c]3ccc(OC)cc3)([c]3ccc(OC)cc3)[NH]c3cc(C(c4ccccc4)(c4ccccc4)c4ccccc4)cc(C(C)(C)C)c3[O]2)cc1. The second-order valence-corrected chi connectivity index (χ2v) is 26.8. The van der Waals surface area contributed by atoms with Crippen LogP contribution in [0.4, 0.5) is 5.69 Å². The van der Waals surface area contributed by atoms with E-state index >= 15 is 0 Å². The summed E-state index contributed by atoms with van der Waals surface area (Å²) in [4.78, 5) is 0. The Morgan fingerprint density at radius 3 is 1.12 bits per heavy atom. The van der Waals surface area contributed by atoms with Crippen molar-refractivity contribution in [3.8, 4) is 23.0 Å². The zero-order valence-electron chi connectivity index (χ0n) is 32.8. The van der Waals surface area contributed by atoms with Crippen LogP contribution in [0.15, 0.2) is 176 Å². The molecule has 0 amide bonds. The predicted molar refractivity (Wildman–Crippen MR) is 231 cm³/mol. The van der Waals surface area contributed by atoms with Gasteiger partial charge in [0.05, 0.1) is 0 Å². The summed E-state index contributed by atoms with van der Waals surface area (Å²) in [6.07, 6.45) is 0. The van der Waals surface area contributed by atoms with Crippen LogP contribution in [0.2, 0.25) is 0 Å². The number of hydrogen-bond acceptors (Lipinski definition) is 5. The summed E-state index contributed by atoms with van der Waals surface area (Å²) in [6.45, 7) is 6.83. The van der Waals surface area contributed by atoms with Crippen molar-refractivity contribution in [1.82, 2.24) is 0 Å². The van der Waals surface area contributed by atoms with Gasteiger partial charge in [0.1, 0.15) is 0 Å². The van der Waals surface area contributed by atoms with Crippen molar-refractivity contribution in [3.63, 3.8) is 0 Å². The third kappa shape index (κ3) is 5.83. The second-order valence-electron chi connectivity index (χ2n) is 15.3. The summed E-state index contributed by atoms with van der Waals surface area (Å²) >= 11 is -5.36. The first kappa shape index (κ1) is 37.3. The number of methoxy groups -OCH3 is 3. The van der Waals surface area contributed by atoms with E-state index in [0.29, 0.717) is 0 Å².